The number of amides is 1. The highest BCUT2D eigenvalue weighted by Crippen LogP contribution is 2.24. The number of anilines is 3. The van der Waals surface area contributed by atoms with Gasteiger partial charge in [-0.1, -0.05) is 6.07 Å². The fraction of sp³-hybridized carbons (Fsp3) is 0.333. The number of hydrogen-bond acceptors (Lipinski definition) is 7. The van der Waals surface area contributed by atoms with Gasteiger partial charge in [0.15, 0.2) is 0 Å². The zero-order valence-corrected chi connectivity index (χ0v) is 16.0. The number of halogens is 1. The number of carboxylic acid groups (broad SMARTS) is 1. The third-order valence-electron chi connectivity index (χ3n) is 3.40. The molecule has 2 rings (SSSR count). The maximum atomic E-state index is 12.2. The molecule has 1 amide bonds. The maximum absolute atomic E-state index is 12.2. The lowest BCUT2D eigenvalue weighted by Gasteiger charge is -2.23. The Balaban J connectivity index is 2.10. The Labute approximate surface area is 161 Å². The number of nitrogens with zero attached hydrogens (tertiary/aromatic N) is 4. The summed E-state index contributed by atoms with van der Waals surface area (Å²) in [6, 6.07) is 6.75. The van der Waals surface area contributed by atoms with Gasteiger partial charge in [-0.2, -0.15) is 4.98 Å². The Kier molecular flexibility index (Phi) is 7.13. The predicted molar refractivity (Wildman–Crippen MR) is 102 cm³/mol. The van der Waals surface area contributed by atoms with Gasteiger partial charge < -0.3 is 15.7 Å². The quantitative estimate of drug-likeness (QED) is 0.530. The first-order valence-electron chi connectivity index (χ1n) is 7.92. The Bertz CT molecular complexity index is 895. The molecule has 0 aliphatic heterocycles. The van der Waals surface area contributed by atoms with Gasteiger partial charge in [-0.3, -0.25) is 4.31 Å². The van der Waals surface area contributed by atoms with Crippen LogP contribution in [0.1, 0.15) is 12.8 Å². The number of rotatable bonds is 9. The molecule has 0 bridgehead atoms. The molecule has 0 saturated carbocycles. The molecule has 0 radical (unpaired) electrons. The van der Waals surface area contributed by atoms with Crippen LogP contribution in [0.3, 0.4) is 0 Å². The second kappa shape index (κ2) is 9.33. The molecule has 0 saturated heterocycles. The van der Waals surface area contributed by atoms with Crippen LogP contribution in [-0.4, -0.2) is 53.9 Å². The number of carbonyl (C=O) groups is 1. The van der Waals surface area contributed by atoms with Gasteiger partial charge in [0, 0.05) is 18.8 Å². The van der Waals surface area contributed by atoms with Crippen LogP contribution < -0.4 is 14.9 Å². The molecule has 0 aliphatic carbocycles. The number of aromatic nitrogens is 3. The highest BCUT2D eigenvalue weighted by atomic mass is 35.5. The summed E-state index contributed by atoms with van der Waals surface area (Å²) in [6.07, 6.45) is 2.28. The van der Waals surface area contributed by atoms with Crippen LogP contribution in [0.5, 0.6) is 0 Å². The standard InChI is InChI=1S/C15H19ClN6O4S/c1-27(25,26)22(8-3-2-7-17-15(23)24)12-6-4-5-11(9-12)20-14-19-10-18-13(16)21-14/h4-6,9-10,17H,2-3,7-8H2,1H3,(H,23,24)(H,18,19,20,21). The van der Waals surface area contributed by atoms with Crippen LogP contribution in [0.4, 0.5) is 22.1 Å². The molecular weight excluding hydrogens is 396 g/mol. The lowest BCUT2D eigenvalue weighted by molar-refractivity contribution is 0.194. The van der Waals surface area contributed by atoms with Crippen molar-refractivity contribution in [2.75, 3.05) is 29.0 Å². The van der Waals surface area contributed by atoms with Gasteiger partial charge in [-0.25, -0.2) is 23.2 Å². The largest absolute Gasteiger partial charge is 0.465 e. The van der Waals surface area contributed by atoms with Crippen molar-refractivity contribution in [3.8, 4) is 0 Å². The summed E-state index contributed by atoms with van der Waals surface area (Å²) in [5, 5.41) is 13.8. The molecule has 27 heavy (non-hydrogen) atoms. The smallest absolute Gasteiger partial charge is 0.404 e. The number of nitrogens with one attached hydrogen (secondary N) is 2. The fourth-order valence-electron chi connectivity index (χ4n) is 2.27. The van der Waals surface area contributed by atoms with Gasteiger partial charge >= 0.3 is 6.09 Å². The lowest BCUT2D eigenvalue weighted by atomic mass is 10.2. The molecule has 0 spiro atoms. The molecule has 1 aromatic carbocycles. The Morgan fingerprint density at radius 1 is 1.30 bits per heavy atom. The highest BCUT2D eigenvalue weighted by Gasteiger charge is 2.17. The molecule has 10 nitrogen and oxygen atoms in total. The number of sulfonamides is 1. The van der Waals surface area contributed by atoms with Crippen LogP contribution in [0.2, 0.25) is 5.28 Å². The van der Waals surface area contributed by atoms with E-state index in [9.17, 15) is 13.2 Å². The van der Waals surface area contributed by atoms with Crippen molar-refractivity contribution in [1.82, 2.24) is 20.3 Å². The lowest BCUT2D eigenvalue weighted by Crippen LogP contribution is -2.31. The summed E-state index contributed by atoms with van der Waals surface area (Å²) in [4.78, 5) is 22.0. The molecule has 1 heterocycles. The van der Waals surface area contributed by atoms with E-state index in [-0.39, 0.29) is 24.3 Å². The first kappa shape index (κ1) is 20.6. The van der Waals surface area contributed by atoms with Gasteiger partial charge in [0.05, 0.1) is 11.9 Å². The zero-order valence-electron chi connectivity index (χ0n) is 14.5. The average molecular weight is 415 g/mol. The van der Waals surface area contributed by atoms with Crippen molar-refractivity contribution >= 4 is 45.0 Å². The van der Waals surface area contributed by atoms with E-state index in [4.69, 9.17) is 16.7 Å². The molecule has 0 unspecified atom stereocenters. The summed E-state index contributed by atoms with van der Waals surface area (Å²) < 4.78 is 25.6. The molecule has 0 aliphatic rings. The minimum atomic E-state index is -3.51. The normalized spacial score (nSPS) is 11.0. The second-order valence-corrected chi connectivity index (χ2v) is 7.77. The van der Waals surface area contributed by atoms with E-state index >= 15 is 0 Å². The van der Waals surface area contributed by atoms with Crippen molar-refractivity contribution in [1.29, 1.82) is 0 Å². The summed E-state index contributed by atoms with van der Waals surface area (Å²) in [5.41, 5.74) is 1.05. The Morgan fingerprint density at radius 3 is 2.74 bits per heavy atom. The first-order valence-corrected chi connectivity index (χ1v) is 10.1. The van der Waals surface area contributed by atoms with E-state index in [1.54, 1.807) is 24.3 Å². The SMILES string of the molecule is CS(=O)(=O)N(CCCCNC(=O)O)c1cccc(Nc2ncnc(Cl)n2)c1. The van der Waals surface area contributed by atoms with Crippen molar-refractivity contribution in [2.24, 2.45) is 0 Å². The molecule has 0 atom stereocenters. The number of benzene rings is 1. The third kappa shape index (κ3) is 6.87. The van der Waals surface area contributed by atoms with E-state index in [0.717, 1.165) is 6.26 Å². The van der Waals surface area contributed by atoms with E-state index in [0.29, 0.717) is 24.2 Å². The summed E-state index contributed by atoms with van der Waals surface area (Å²) >= 11 is 5.72. The monoisotopic (exact) mass is 414 g/mol. The Morgan fingerprint density at radius 2 is 2.07 bits per heavy atom. The number of hydrogen-bond donors (Lipinski definition) is 3. The minimum Gasteiger partial charge on any atom is -0.465 e. The van der Waals surface area contributed by atoms with Crippen LogP contribution in [-0.2, 0) is 10.0 Å². The predicted octanol–water partition coefficient (Wildman–Crippen LogP) is 2.08. The molecule has 12 heteroatoms. The first-order chi connectivity index (χ1) is 12.8. The maximum Gasteiger partial charge on any atom is 0.404 e. The van der Waals surface area contributed by atoms with Gasteiger partial charge in [-0.05, 0) is 42.6 Å². The van der Waals surface area contributed by atoms with Gasteiger partial charge in [0.25, 0.3) is 0 Å². The topological polar surface area (TPSA) is 137 Å². The molecule has 2 aromatic rings. The molecule has 1 aromatic heterocycles. The van der Waals surface area contributed by atoms with Crippen LogP contribution in [0, 0.1) is 0 Å². The summed E-state index contributed by atoms with van der Waals surface area (Å²) in [6.45, 7) is 0.482. The summed E-state index contributed by atoms with van der Waals surface area (Å²) in [5.74, 6) is 0.234. The highest BCUT2D eigenvalue weighted by molar-refractivity contribution is 7.92. The molecular formula is C15H19ClN6O4S. The average Bonchev–Trinajstić information content (AvgIpc) is 2.57. The Hall–Kier alpha value is -2.66. The van der Waals surface area contributed by atoms with E-state index < -0.39 is 16.1 Å². The fourth-order valence-corrected chi connectivity index (χ4v) is 3.35. The zero-order chi connectivity index (χ0) is 19.9. The summed E-state index contributed by atoms with van der Waals surface area (Å²) in [7, 11) is -3.51. The molecule has 3 N–H and O–H groups in total. The van der Waals surface area contributed by atoms with Crippen LogP contribution >= 0.6 is 11.6 Å². The third-order valence-corrected chi connectivity index (χ3v) is 4.77. The second-order valence-electron chi connectivity index (χ2n) is 5.53. The van der Waals surface area contributed by atoms with Gasteiger partial charge in [-0.15, -0.1) is 0 Å². The van der Waals surface area contributed by atoms with Gasteiger partial charge in [0.2, 0.25) is 21.3 Å². The number of unbranched alkanes of at least 4 members (excludes halogenated alkanes) is 1. The van der Waals surface area contributed by atoms with E-state index in [1.807, 2.05) is 0 Å². The minimum absolute atomic E-state index is 0.0383. The van der Waals surface area contributed by atoms with Gasteiger partial charge in [0.1, 0.15) is 6.33 Å². The van der Waals surface area contributed by atoms with Crippen molar-refractivity contribution in [3.05, 3.63) is 35.9 Å². The van der Waals surface area contributed by atoms with E-state index in [2.05, 4.69) is 25.6 Å². The van der Waals surface area contributed by atoms with Crippen LogP contribution in [0.15, 0.2) is 30.6 Å². The molecule has 0 fully saturated rings. The van der Waals surface area contributed by atoms with Crippen molar-refractivity contribution in [2.45, 2.75) is 12.8 Å². The van der Waals surface area contributed by atoms with Crippen molar-refractivity contribution in [3.63, 3.8) is 0 Å². The van der Waals surface area contributed by atoms with Crippen LogP contribution in [0.25, 0.3) is 0 Å². The van der Waals surface area contributed by atoms with E-state index in [1.165, 1.54) is 10.6 Å². The van der Waals surface area contributed by atoms with Crippen molar-refractivity contribution < 1.29 is 18.3 Å². The molecule has 146 valence electrons.